The summed E-state index contributed by atoms with van der Waals surface area (Å²) in [7, 11) is 4.01. The van der Waals surface area contributed by atoms with Crippen LogP contribution in [-0.4, -0.2) is 75.2 Å². The first-order chi connectivity index (χ1) is 15.4. The number of hydrogen-bond donors (Lipinski definition) is 1. The second kappa shape index (κ2) is 9.16. The van der Waals surface area contributed by atoms with Crippen molar-refractivity contribution < 1.29 is 9.59 Å². The van der Waals surface area contributed by atoms with E-state index in [1.165, 1.54) is 22.2 Å². The molecule has 3 aromatic rings. The highest BCUT2D eigenvalue weighted by molar-refractivity contribution is 5.93. The Morgan fingerprint density at radius 2 is 1.94 bits per heavy atom. The Bertz CT molecular complexity index is 1130. The Kier molecular flexibility index (Phi) is 6.32. The minimum atomic E-state index is -0.366. The van der Waals surface area contributed by atoms with E-state index >= 15 is 0 Å². The molecular formula is C24H32N6O2. The SMILES string of the molecule is CCn1ccc(C(=O)N2CCN(C)C(C(=O)NCCc3c(C)n(C)c4ccccc34)C2)n1. The summed E-state index contributed by atoms with van der Waals surface area (Å²) in [4.78, 5) is 29.6. The van der Waals surface area contributed by atoms with Gasteiger partial charge in [-0.25, -0.2) is 0 Å². The Morgan fingerprint density at radius 1 is 1.16 bits per heavy atom. The number of rotatable bonds is 6. The van der Waals surface area contributed by atoms with Gasteiger partial charge in [-0.05, 0) is 45.0 Å². The number of likely N-dealkylation sites (N-methyl/N-ethyl adjacent to an activating group) is 1. The maximum Gasteiger partial charge on any atom is 0.274 e. The normalized spacial score (nSPS) is 17.1. The number of amides is 2. The van der Waals surface area contributed by atoms with Gasteiger partial charge in [0.15, 0.2) is 0 Å². The molecule has 0 radical (unpaired) electrons. The molecule has 0 saturated carbocycles. The largest absolute Gasteiger partial charge is 0.354 e. The standard InChI is InChI=1S/C24H32N6O2/c1-5-30-13-11-20(26-30)24(32)29-15-14-27(3)22(16-29)23(31)25-12-10-18-17(2)28(4)21-9-7-6-8-19(18)21/h6-9,11,13,22H,5,10,12,14-16H2,1-4H3,(H,25,31). The molecule has 1 N–H and O–H groups in total. The molecule has 1 atom stereocenters. The number of aromatic nitrogens is 3. The molecule has 1 aliphatic heterocycles. The summed E-state index contributed by atoms with van der Waals surface area (Å²) >= 11 is 0. The third-order valence-corrected chi connectivity index (χ3v) is 6.63. The predicted octanol–water partition coefficient (Wildman–Crippen LogP) is 1.82. The van der Waals surface area contributed by atoms with Crippen LogP contribution in [0.25, 0.3) is 10.9 Å². The van der Waals surface area contributed by atoms with E-state index in [9.17, 15) is 9.59 Å². The van der Waals surface area contributed by atoms with Crippen LogP contribution in [0.15, 0.2) is 36.5 Å². The van der Waals surface area contributed by atoms with E-state index in [0.29, 0.717) is 31.9 Å². The van der Waals surface area contributed by atoms with Crippen molar-refractivity contribution in [1.29, 1.82) is 0 Å². The first-order valence-electron chi connectivity index (χ1n) is 11.2. The van der Waals surface area contributed by atoms with Gasteiger partial charge in [0.1, 0.15) is 11.7 Å². The van der Waals surface area contributed by atoms with E-state index in [0.717, 1.165) is 13.0 Å². The molecule has 2 amide bonds. The summed E-state index contributed by atoms with van der Waals surface area (Å²) in [5.74, 6) is -0.156. The molecule has 2 aromatic heterocycles. The van der Waals surface area contributed by atoms with Gasteiger partial charge in [0.25, 0.3) is 5.91 Å². The number of aryl methyl sites for hydroxylation is 2. The third-order valence-electron chi connectivity index (χ3n) is 6.63. The number of nitrogens with one attached hydrogen (secondary N) is 1. The van der Waals surface area contributed by atoms with Crippen molar-refractivity contribution in [2.75, 3.05) is 33.2 Å². The second-order valence-electron chi connectivity index (χ2n) is 8.49. The van der Waals surface area contributed by atoms with E-state index < -0.39 is 0 Å². The second-order valence-corrected chi connectivity index (χ2v) is 8.49. The van der Waals surface area contributed by atoms with Gasteiger partial charge in [0.05, 0.1) is 0 Å². The fourth-order valence-electron chi connectivity index (χ4n) is 4.50. The van der Waals surface area contributed by atoms with Gasteiger partial charge >= 0.3 is 0 Å². The topological polar surface area (TPSA) is 75.4 Å². The van der Waals surface area contributed by atoms with Gasteiger partial charge in [0.2, 0.25) is 5.91 Å². The number of para-hydroxylation sites is 1. The molecule has 1 aliphatic rings. The molecule has 4 rings (SSSR count). The molecule has 0 aliphatic carbocycles. The van der Waals surface area contributed by atoms with Crippen molar-refractivity contribution in [1.82, 2.24) is 29.5 Å². The first kappa shape index (κ1) is 22.1. The fourth-order valence-corrected chi connectivity index (χ4v) is 4.50. The third kappa shape index (κ3) is 4.14. The van der Waals surface area contributed by atoms with Crippen LogP contribution < -0.4 is 5.32 Å². The summed E-state index contributed by atoms with van der Waals surface area (Å²) in [6.45, 7) is 7.00. The molecule has 1 fully saturated rings. The Labute approximate surface area is 188 Å². The average Bonchev–Trinajstić information content (AvgIpc) is 3.38. The van der Waals surface area contributed by atoms with Crippen LogP contribution in [0.4, 0.5) is 0 Å². The van der Waals surface area contributed by atoms with Crippen LogP contribution in [0.2, 0.25) is 0 Å². The highest BCUT2D eigenvalue weighted by Gasteiger charge is 2.33. The molecule has 1 unspecified atom stereocenters. The zero-order valence-corrected chi connectivity index (χ0v) is 19.3. The van der Waals surface area contributed by atoms with Gasteiger partial charge in [0, 0.05) is 62.6 Å². The minimum Gasteiger partial charge on any atom is -0.354 e. The van der Waals surface area contributed by atoms with E-state index in [1.54, 1.807) is 15.6 Å². The van der Waals surface area contributed by atoms with Crippen LogP contribution >= 0.6 is 0 Å². The number of nitrogens with zero attached hydrogens (tertiary/aromatic N) is 5. The van der Waals surface area contributed by atoms with Crippen molar-refractivity contribution in [3.8, 4) is 0 Å². The number of piperazine rings is 1. The lowest BCUT2D eigenvalue weighted by atomic mass is 10.1. The van der Waals surface area contributed by atoms with Crippen LogP contribution in [0.3, 0.4) is 0 Å². The molecule has 1 saturated heterocycles. The molecule has 1 aromatic carbocycles. The number of hydrogen-bond acceptors (Lipinski definition) is 4. The van der Waals surface area contributed by atoms with Crippen LogP contribution in [0, 0.1) is 6.92 Å². The summed E-state index contributed by atoms with van der Waals surface area (Å²) < 4.78 is 3.94. The van der Waals surface area contributed by atoms with Crippen molar-refractivity contribution >= 4 is 22.7 Å². The van der Waals surface area contributed by atoms with Gasteiger partial charge < -0.3 is 14.8 Å². The van der Waals surface area contributed by atoms with Crippen molar-refractivity contribution in [2.45, 2.75) is 32.9 Å². The lowest BCUT2D eigenvalue weighted by Gasteiger charge is -2.38. The Hall–Kier alpha value is -3.13. The van der Waals surface area contributed by atoms with Crippen molar-refractivity contribution in [3.63, 3.8) is 0 Å². The summed E-state index contributed by atoms with van der Waals surface area (Å²) in [5, 5.41) is 8.65. The van der Waals surface area contributed by atoms with Crippen LogP contribution in [-0.2, 0) is 24.8 Å². The maximum absolute atomic E-state index is 13.0. The smallest absolute Gasteiger partial charge is 0.274 e. The van der Waals surface area contributed by atoms with E-state index in [1.807, 2.05) is 31.1 Å². The van der Waals surface area contributed by atoms with Crippen LogP contribution in [0.1, 0.15) is 28.7 Å². The van der Waals surface area contributed by atoms with Gasteiger partial charge in [-0.3, -0.25) is 19.2 Å². The van der Waals surface area contributed by atoms with Crippen molar-refractivity contribution in [2.24, 2.45) is 7.05 Å². The summed E-state index contributed by atoms with van der Waals surface area (Å²) in [5.41, 5.74) is 4.13. The highest BCUT2D eigenvalue weighted by Crippen LogP contribution is 2.24. The molecule has 8 nitrogen and oxygen atoms in total. The monoisotopic (exact) mass is 436 g/mol. The highest BCUT2D eigenvalue weighted by atomic mass is 16.2. The predicted molar refractivity (Wildman–Crippen MR) is 125 cm³/mol. The molecule has 0 bridgehead atoms. The van der Waals surface area contributed by atoms with Crippen molar-refractivity contribution in [3.05, 3.63) is 53.5 Å². The number of fused-ring (bicyclic) bond motifs is 1. The van der Waals surface area contributed by atoms with Gasteiger partial charge in [-0.1, -0.05) is 18.2 Å². The Morgan fingerprint density at radius 3 is 2.69 bits per heavy atom. The number of carbonyl (C=O) groups is 2. The van der Waals surface area contributed by atoms with Gasteiger partial charge in [-0.15, -0.1) is 0 Å². The molecule has 8 heteroatoms. The van der Waals surface area contributed by atoms with E-state index in [2.05, 4.69) is 47.2 Å². The molecule has 32 heavy (non-hydrogen) atoms. The lowest BCUT2D eigenvalue weighted by molar-refractivity contribution is -0.127. The van der Waals surface area contributed by atoms with E-state index in [4.69, 9.17) is 0 Å². The average molecular weight is 437 g/mol. The lowest BCUT2D eigenvalue weighted by Crippen LogP contribution is -2.58. The zero-order valence-electron chi connectivity index (χ0n) is 19.3. The molecular weight excluding hydrogens is 404 g/mol. The molecule has 0 spiro atoms. The minimum absolute atomic E-state index is 0.0398. The summed E-state index contributed by atoms with van der Waals surface area (Å²) in [6, 6.07) is 9.73. The van der Waals surface area contributed by atoms with Gasteiger partial charge in [-0.2, -0.15) is 5.10 Å². The molecule has 170 valence electrons. The number of carbonyl (C=O) groups excluding carboxylic acids is 2. The summed E-state index contributed by atoms with van der Waals surface area (Å²) in [6.07, 6.45) is 2.58. The van der Waals surface area contributed by atoms with E-state index in [-0.39, 0.29) is 17.9 Å². The quantitative estimate of drug-likeness (QED) is 0.640. The maximum atomic E-state index is 13.0. The number of benzene rings is 1. The van der Waals surface area contributed by atoms with Crippen LogP contribution in [0.5, 0.6) is 0 Å². The zero-order chi connectivity index (χ0) is 22.8. The fraction of sp³-hybridized carbons (Fsp3) is 0.458. The first-order valence-corrected chi connectivity index (χ1v) is 11.2. The molecule has 3 heterocycles. The Balaban J connectivity index is 1.38.